The van der Waals surface area contributed by atoms with Crippen molar-refractivity contribution < 1.29 is 9.84 Å². The van der Waals surface area contributed by atoms with E-state index in [1.54, 1.807) is 12.3 Å². The molecule has 0 bridgehead atoms. The average molecular weight is 434 g/mol. The highest BCUT2D eigenvalue weighted by atomic mass is 35.5. The molecule has 4 rings (SSSR count). The van der Waals surface area contributed by atoms with Gasteiger partial charge in [-0.1, -0.05) is 24.2 Å². The first-order chi connectivity index (χ1) is 14.7. The quantitative estimate of drug-likeness (QED) is 0.579. The number of aryl methyl sites for hydroxylation is 2. The summed E-state index contributed by atoms with van der Waals surface area (Å²) in [5.41, 5.74) is 5.01. The molecule has 2 aromatic heterocycles. The number of hydrogen-bond acceptors (Lipinski definition) is 5. The van der Waals surface area contributed by atoms with E-state index >= 15 is 0 Å². The molecular weight excluding hydrogens is 410 g/mol. The molecule has 0 saturated carbocycles. The van der Waals surface area contributed by atoms with Gasteiger partial charge >= 0.3 is 0 Å². The Bertz CT molecular complexity index is 1310. The Morgan fingerprint density at radius 2 is 1.90 bits per heavy atom. The highest BCUT2D eigenvalue weighted by molar-refractivity contribution is 6.29. The fourth-order valence-electron chi connectivity index (χ4n) is 3.73. The third kappa shape index (κ3) is 4.01. The number of pyridine rings is 2. The number of nitrogens with zero attached hydrogens (tertiary/aromatic N) is 2. The summed E-state index contributed by atoms with van der Waals surface area (Å²) < 4.78 is 6.40. The van der Waals surface area contributed by atoms with E-state index in [-0.39, 0.29) is 11.8 Å². The maximum atomic E-state index is 11.0. The summed E-state index contributed by atoms with van der Waals surface area (Å²) in [5, 5.41) is 16.4. The Morgan fingerprint density at radius 3 is 2.58 bits per heavy atom. The molecule has 31 heavy (non-hydrogen) atoms. The summed E-state index contributed by atoms with van der Waals surface area (Å²) in [7, 11) is 0. The first kappa shape index (κ1) is 20.9. The van der Waals surface area contributed by atoms with E-state index in [4.69, 9.17) is 16.3 Å². The molecule has 5 nitrogen and oxygen atoms in total. The second-order valence-corrected chi connectivity index (χ2v) is 8.19. The van der Waals surface area contributed by atoms with Crippen molar-refractivity contribution in [1.29, 1.82) is 0 Å². The lowest BCUT2D eigenvalue weighted by Gasteiger charge is -2.27. The van der Waals surface area contributed by atoms with Crippen LogP contribution >= 0.6 is 11.6 Å². The molecule has 158 valence electrons. The molecule has 0 amide bonds. The van der Waals surface area contributed by atoms with Crippen molar-refractivity contribution in [3.8, 4) is 5.75 Å². The number of hydrogen-bond donors (Lipinski definition) is 2. The molecule has 0 saturated heterocycles. The number of rotatable bonds is 3. The Morgan fingerprint density at radius 1 is 1.13 bits per heavy atom. The Kier molecular flexibility index (Phi) is 5.46. The van der Waals surface area contributed by atoms with E-state index in [9.17, 15) is 5.11 Å². The predicted octanol–water partition coefficient (Wildman–Crippen LogP) is 4.82. The lowest BCUT2D eigenvalue weighted by Crippen LogP contribution is -2.21. The van der Waals surface area contributed by atoms with E-state index in [2.05, 4.69) is 27.9 Å². The van der Waals surface area contributed by atoms with Crippen LogP contribution in [0, 0.1) is 13.8 Å². The van der Waals surface area contributed by atoms with Crippen molar-refractivity contribution in [1.82, 2.24) is 9.97 Å². The van der Waals surface area contributed by atoms with Crippen molar-refractivity contribution in [2.75, 3.05) is 5.32 Å². The van der Waals surface area contributed by atoms with Gasteiger partial charge in [0.2, 0.25) is 0 Å². The molecule has 1 aliphatic heterocycles. The highest BCUT2D eigenvalue weighted by Crippen LogP contribution is 2.42. The minimum atomic E-state index is -0.108. The zero-order valence-electron chi connectivity index (χ0n) is 18.0. The number of aromatic nitrogens is 2. The first-order valence-electron chi connectivity index (χ1n) is 10.0. The van der Waals surface area contributed by atoms with Crippen LogP contribution in [0.4, 0.5) is 5.69 Å². The largest absolute Gasteiger partial charge is 0.507 e. The Balaban J connectivity index is 1.83. The normalized spacial score (nSPS) is 15.9. The summed E-state index contributed by atoms with van der Waals surface area (Å²) in [6, 6.07) is 11.3. The molecule has 1 aromatic carbocycles. The molecule has 6 heteroatoms. The number of aliphatic hydroxyl groups is 1. The summed E-state index contributed by atoms with van der Waals surface area (Å²) in [6.45, 7) is 11.6. The number of benzene rings is 1. The topological polar surface area (TPSA) is 67.3 Å². The molecule has 0 unspecified atom stereocenters. The van der Waals surface area contributed by atoms with E-state index < -0.39 is 0 Å². The van der Waals surface area contributed by atoms with Crippen LogP contribution in [0.1, 0.15) is 42.3 Å². The minimum Gasteiger partial charge on any atom is -0.507 e. The number of halogens is 1. The van der Waals surface area contributed by atoms with Gasteiger partial charge in [0.1, 0.15) is 22.4 Å². The van der Waals surface area contributed by atoms with Crippen molar-refractivity contribution in [3.05, 3.63) is 86.3 Å². The molecule has 3 heterocycles. The van der Waals surface area contributed by atoms with Crippen LogP contribution in [0.25, 0.3) is 18.1 Å². The van der Waals surface area contributed by atoms with E-state index in [0.29, 0.717) is 33.1 Å². The Labute approximate surface area is 186 Å². The fourth-order valence-corrected chi connectivity index (χ4v) is 3.92. The van der Waals surface area contributed by atoms with Crippen LogP contribution in [-0.2, 0) is 0 Å². The number of anilines is 1. The van der Waals surface area contributed by atoms with Gasteiger partial charge in [0.15, 0.2) is 0 Å². The predicted molar refractivity (Wildman–Crippen MR) is 125 cm³/mol. The third-order valence-electron chi connectivity index (χ3n) is 5.39. The van der Waals surface area contributed by atoms with Crippen LogP contribution in [0.3, 0.4) is 0 Å². The molecule has 0 aliphatic carbocycles. The standard InChI is InChI=1S/C25H24ClN3O2/c1-13-10-19(16(4)28-21-8-9-22(26)29-17(21)5)25-20(11-13)23(30)15(3)24(31-25)18-7-6-14(2)27-12-18/h6-12,16,28,30H,2H2,1,3-5H3/t16-/m1/s1. The molecule has 0 spiro atoms. The maximum Gasteiger partial charge on any atom is 0.143 e. The second kappa shape index (κ2) is 8.08. The fraction of sp³-hybridized carbons (Fsp3) is 0.200. The molecule has 2 N–H and O–H groups in total. The lowest BCUT2D eigenvalue weighted by atomic mass is 9.94. The van der Waals surface area contributed by atoms with Gasteiger partial charge in [0.25, 0.3) is 0 Å². The van der Waals surface area contributed by atoms with Gasteiger partial charge in [-0.15, -0.1) is 0 Å². The molecule has 1 atom stereocenters. The van der Waals surface area contributed by atoms with E-state index in [0.717, 1.165) is 27.7 Å². The summed E-state index contributed by atoms with van der Waals surface area (Å²) >= 11 is 6.00. The number of ether oxygens (including phenoxy) is 1. The first-order valence-corrected chi connectivity index (χ1v) is 10.4. The molecular formula is C25H24ClN3O2. The third-order valence-corrected chi connectivity index (χ3v) is 5.60. The van der Waals surface area contributed by atoms with E-state index in [1.807, 2.05) is 52.0 Å². The summed E-state index contributed by atoms with van der Waals surface area (Å²) in [4.78, 5) is 8.58. The zero-order valence-corrected chi connectivity index (χ0v) is 18.7. The van der Waals surface area contributed by atoms with Gasteiger partial charge in [0, 0.05) is 22.6 Å². The van der Waals surface area contributed by atoms with Crippen molar-refractivity contribution >= 4 is 35.4 Å². The maximum absolute atomic E-state index is 11.0. The van der Waals surface area contributed by atoms with Gasteiger partial charge in [-0.3, -0.25) is 4.98 Å². The van der Waals surface area contributed by atoms with E-state index in [1.165, 1.54) is 0 Å². The molecule has 0 radical (unpaired) electrons. The van der Waals surface area contributed by atoms with Gasteiger partial charge in [-0.25, -0.2) is 4.98 Å². The highest BCUT2D eigenvalue weighted by Gasteiger charge is 2.27. The zero-order chi connectivity index (χ0) is 22.3. The van der Waals surface area contributed by atoms with Crippen LogP contribution < -0.4 is 20.6 Å². The average Bonchev–Trinajstić information content (AvgIpc) is 2.73. The SMILES string of the molecule is C=c1ccc(=C2Oc3c(cc(C)cc3[C@@H](C)Nc3ccc(Cl)nc3C)C(O)=C2C)cn1. The number of fused-ring (bicyclic) bond motifs is 1. The second-order valence-electron chi connectivity index (χ2n) is 7.81. The monoisotopic (exact) mass is 433 g/mol. The van der Waals surface area contributed by atoms with Crippen LogP contribution in [0.2, 0.25) is 5.15 Å². The summed E-state index contributed by atoms with van der Waals surface area (Å²) in [5.74, 6) is 1.41. The minimum absolute atomic E-state index is 0.108. The summed E-state index contributed by atoms with van der Waals surface area (Å²) in [6.07, 6.45) is 1.71. The van der Waals surface area contributed by atoms with Crippen LogP contribution in [0.15, 0.2) is 48.2 Å². The van der Waals surface area contributed by atoms with Crippen LogP contribution in [-0.4, -0.2) is 15.1 Å². The Hall–Kier alpha value is -3.31. The smallest absolute Gasteiger partial charge is 0.143 e. The van der Waals surface area contributed by atoms with Gasteiger partial charge < -0.3 is 15.2 Å². The van der Waals surface area contributed by atoms with Gasteiger partial charge in [0.05, 0.1) is 28.3 Å². The molecule has 1 aliphatic rings. The van der Waals surface area contributed by atoms with Gasteiger partial charge in [-0.05, 0) is 63.6 Å². The van der Waals surface area contributed by atoms with Crippen molar-refractivity contribution in [2.24, 2.45) is 0 Å². The van der Waals surface area contributed by atoms with Crippen molar-refractivity contribution in [2.45, 2.75) is 33.7 Å². The molecule has 0 fully saturated rings. The lowest BCUT2D eigenvalue weighted by molar-refractivity contribution is 0.453. The van der Waals surface area contributed by atoms with Crippen LogP contribution in [0.5, 0.6) is 5.75 Å². The molecule has 3 aromatic rings. The number of aliphatic hydroxyl groups excluding tert-OH is 1. The van der Waals surface area contributed by atoms with Crippen molar-refractivity contribution in [3.63, 3.8) is 0 Å². The van der Waals surface area contributed by atoms with Gasteiger partial charge in [-0.2, -0.15) is 0 Å². The number of nitrogens with one attached hydrogen (secondary N) is 1.